The lowest BCUT2D eigenvalue weighted by molar-refractivity contribution is 0.0603. The highest BCUT2D eigenvalue weighted by Crippen LogP contribution is 2.36. The Morgan fingerprint density at radius 1 is 1.11 bits per heavy atom. The summed E-state index contributed by atoms with van der Waals surface area (Å²) >= 11 is 13.1. The van der Waals surface area contributed by atoms with E-state index in [2.05, 4.69) is 5.32 Å². The molecular formula is C19H12Cl2FNO3S. The average Bonchev–Trinajstić information content (AvgIpc) is 3.07. The van der Waals surface area contributed by atoms with Crippen molar-refractivity contribution >= 4 is 51.4 Å². The number of amides is 1. The fourth-order valence-electron chi connectivity index (χ4n) is 2.44. The van der Waals surface area contributed by atoms with E-state index in [-0.39, 0.29) is 16.1 Å². The molecule has 4 nitrogen and oxygen atoms in total. The number of anilines is 1. The number of carbonyl (C=O) groups is 2. The summed E-state index contributed by atoms with van der Waals surface area (Å²) in [4.78, 5) is 24.9. The molecule has 3 aromatic rings. The first-order chi connectivity index (χ1) is 12.9. The Bertz CT molecular complexity index is 1020. The summed E-state index contributed by atoms with van der Waals surface area (Å²) in [5.41, 5.74) is 1.51. The Morgan fingerprint density at radius 3 is 2.48 bits per heavy atom. The number of esters is 1. The summed E-state index contributed by atoms with van der Waals surface area (Å²) in [7, 11) is 1.24. The number of rotatable bonds is 4. The average molecular weight is 424 g/mol. The lowest BCUT2D eigenvalue weighted by atomic mass is 10.0. The maximum atomic E-state index is 13.2. The van der Waals surface area contributed by atoms with Crippen molar-refractivity contribution in [3.05, 3.63) is 74.8 Å². The first kappa shape index (κ1) is 19.4. The van der Waals surface area contributed by atoms with E-state index in [0.29, 0.717) is 21.2 Å². The molecule has 0 bridgehead atoms. The molecule has 27 heavy (non-hydrogen) atoms. The molecule has 2 aromatic carbocycles. The first-order valence-electron chi connectivity index (χ1n) is 7.63. The highest BCUT2D eigenvalue weighted by molar-refractivity contribution is 7.15. The number of carbonyl (C=O) groups excluding carboxylic acids is 2. The molecule has 0 unspecified atom stereocenters. The second-order valence-electron chi connectivity index (χ2n) is 5.43. The number of benzene rings is 2. The highest BCUT2D eigenvalue weighted by Gasteiger charge is 2.23. The molecule has 0 atom stereocenters. The molecular weight excluding hydrogens is 412 g/mol. The maximum Gasteiger partial charge on any atom is 0.341 e. The smallest absolute Gasteiger partial charge is 0.341 e. The van der Waals surface area contributed by atoms with Crippen molar-refractivity contribution in [2.45, 2.75) is 0 Å². The van der Waals surface area contributed by atoms with Gasteiger partial charge >= 0.3 is 5.97 Å². The fourth-order valence-corrected chi connectivity index (χ4v) is 3.77. The Kier molecular flexibility index (Phi) is 5.79. The highest BCUT2D eigenvalue weighted by atomic mass is 35.5. The van der Waals surface area contributed by atoms with Gasteiger partial charge in [0, 0.05) is 16.0 Å². The zero-order valence-electron chi connectivity index (χ0n) is 13.9. The van der Waals surface area contributed by atoms with Crippen molar-refractivity contribution in [3.8, 4) is 11.1 Å². The topological polar surface area (TPSA) is 55.4 Å². The molecule has 3 rings (SSSR count). The summed E-state index contributed by atoms with van der Waals surface area (Å²) < 4.78 is 18.0. The summed E-state index contributed by atoms with van der Waals surface area (Å²) in [6.45, 7) is 0. The van der Waals surface area contributed by atoms with Crippen LogP contribution in [0.2, 0.25) is 10.0 Å². The van der Waals surface area contributed by atoms with Crippen LogP contribution >= 0.6 is 34.5 Å². The zero-order chi connectivity index (χ0) is 19.6. The molecule has 0 aliphatic heterocycles. The van der Waals surface area contributed by atoms with Gasteiger partial charge in [0.25, 0.3) is 5.91 Å². The van der Waals surface area contributed by atoms with Crippen LogP contribution < -0.4 is 5.32 Å². The lowest BCUT2D eigenvalue weighted by Gasteiger charge is -2.09. The first-order valence-corrected chi connectivity index (χ1v) is 9.26. The predicted octanol–water partition coefficient (Wildman–Crippen LogP) is 5.90. The standard InChI is InChI=1S/C19H12Cl2FNO3S/c1-26-19(25)16-14(10-2-5-12(22)6-3-10)9-27-18(16)23-17(24)13-8-11(20)4-7-15(13)21/h2-9H,1H3,(H,23,24). The van der Waals surface area contributed by atoms with Crippen molar-refractivity contribution in [1.29, 1.82) is 0 Å². The molecule has 0 saturated carbocycles. The SMILES string of the molecule is COC(=O)c1c(-c2ccc(F)cc2)csc1NC(=O)c1cc(Cl)ccc1Cl. The molecule has 0 radical (unpaired) electrons. The van der Waals surface area contributed by atoms with Crippen LogP contribution in [0.25, 0.3) is 11.1 Å². The van der Waals surface area contributed by atoms with Crippen molar-refractivity contribution < 1.29 is 18.7 Å². The zero-order valence-corrected chi connectivity index (χ0v) is 16.2. The minimum absolute atomic E-state index is 0.178. The molecule has 1 amide bonds. The molecule has 0 aliphatic rings. The fraction of sp³-hybridized carbons (Fsp3) is 0.0526. The second-order valence-corrected chi connectivity index (χ2v) is 7.15. The van der Waals surface area contributed by atoms with E-state index in [4.69, 9.17) is 27.9 Å². The van der Waals surface area contributed by atoms with Gasteiger partial charge < -0.3 is 10.1 Å². The van der Waals surface area contributed by atoms with Gasteiger partial charge in [0.05, 0.1) is 17.7 Å². The van der Waals surface area contributed by atoms with Gasteiger partial charge in [-0.3, -0.25) is 4.79 Å². The number of hydrogen-bond donors (Lipinski definition) is 1. The molecule has 1 heterocycles. The Labute approximate surface area is 168 Å². The minimum Gasteiger partial charge on any atom is -0.465 e. The van der Waals surface area contributed by atoms with Crippen molar-refractivity contribution in [2.24, 2.45) is 0 Å². The summed E-state index contributed by atoms with van der Waals surface area (Å²) in [6, 6.07) is 10.2. The van der Waals surface area contributed by atoms with Crippen LogP contribution in [-0.4, -0.2) is 19.0 Å². The normalized spacial score (nSPS) is 10.5. The number of halogens is 3. The van der Waals surface area contributed by atoms with Gasteiger partial charge in [-0.05, 0) is 35.9 Å². The van der Waals surface area contributed by atoms with Gasteiger partial charge in [0.2, 0.25) is 0 Å². The number of hydrogen-bond acceptors (Lipinski definition) is 4. The largest absolute Gasteiger partial charge is 0.465 e. The third-order valence-corrected chi connectivity index (χ3v) is 5.20. The van der Waals surface area contributed by atoms with Crippen molar-refractivity contribution in [3.63, 3.8) is 0 Å². The number of thiophene rings is 1. The Balaban J connectivity index is 2.00. The summed E-state index contributed by atoms with van der Waals surface area (Å²) in [5, 5.41) is 5.24. The molecule has 1 N–H and O–H groups in total. The van der Waals surface area contributed by atoms with E-state index in [1.54, 1.807) is 23.6 Å². The van der Waals surface area contributed by atoms with Crippen LogP contribution in [0.4, 0.5) is 9.39 Å². The van der Waals surface area contributed by atoms with Crippen LogP contribution in [0.15, 0.2) is 47.8 Å². The van der Waals surface area contributed by atoms with Gasteiger partial charge in [-0.1, -0.05) is 35.3 Å². The van der Waals surface area contributed by atoms with Crippen LogP contribution in [0.3, 0.4) is 0 Å². The van der Waals surface area contributed by atoms with Crippen LogP contribution in [0.1, 0.15) is 20.7 Å². The molecule has 0 spiro atoms. The summed E-state index contributed by atoms with van der Waals surface area (Å²) in [5.74, 6) is -1.53. The van der Waals surface area contributed by atoms with Gasteiger partial charge in [-0.25, -0.2) is 9.18 Å². The third kappa shape index (κ3) is 4.13. The van der Waals surface area contributed by atoms with Crippen LogP contribution in [0, 0.1) is 5.82 Å². The third-order valence-electron chi connectivity index (χ3n) is 3.74. The lowest BCUT2D eigenvalue weighted by Crippen LogP contribution is -2.14. The van der Waals surface area contributed by atoms with Gasteiger partial charge in [-0.2, -0.15) is 0 Å². The van der Waals surface area contributed by atoms with Crippen LogP contribution in [-0.2, 0) is 4.74 Å². The summed E-state index contributed by atoms with van der Waals surface area (Å²) in [6.07, 6.45) is 0. The minimum atomic E-state index is -0.622. The molecule has 1 aromatic heterocycles. The maximum absolute atomic E-state index is 13.2. The Hall–Kier alpha value is -2.41. The Morgan fingerprint density at radius 2 is 1.81 bits per heavy atom. The monoisotopic (exact) mass is 423 g/mol. The van der Waals surface area contributed by atoms with Gasteiger partial charge in [0.1, 0.15) is 16.4 Å². The van der Waals surface area contributed by atoms with Crippen LogP contribution in [0.5, 0.6) is 0 Å². The molecule has 0 fully saturated rings. The number of ether oxygens (including phenoxy) is 1. The molecule has 138 valence electrons. The van der Waals surface area contributed by atoms with E-state index in [1.807, 2.05) is 0 Å². The van der Waals surface area contributed by atoms with E-state index >= 15 is 0 Å². The van der Waals surface area contributed by atoms with Gasteiger partial charge in [0.15, 0.2) is 0 Å². The van der Waals surface area contributed by atoms with Crippen molar-refractivity contribution in [1.82, 2.24) is 0 Å². The quantitative estimate of drug-likeness (QED) is 0.531. The molecule has 0 saturated heterocycles. The van der Waals surface area contributed by atoms with E-state index in [0.717, 1.165) is 11.3 Å². The van der Waals surface area contributed by atoms with Crippen molar-refractivity contribution in [2.75, 3.05) is 12.4 Å². The van der Waals surface area contributed by atoms with E-state index < -0.39 is 17.7 Å². The molecule has 0 aliphatic carbocycles. The number of methoxy groups -OCH3 is 1. The second kappa shape index (κ2) is 8.08. The van der Waals surface area contributed by atoms with E-state index in [1.165, 1.54) is 31.4 Å². The molecule has 8 heteroatoms. The van der Waals surface area contributed by atoms with Gasteiger partial charge in [-0.15, -0.1) is 11.3 Å². The number of nitrogens with one attached hydrogen (secondary N) is 1. The van der Waals surface area contributed by atoms with E-state index in [9.17, 15) is 14.0 Å². The predicted molar refractivity (Wildman–Crippen MR) is 105 cm³/mol.